The van der Waals surface area contributed by atoms with Crippen LogP contribution in [-0.4, -0.2) is 81.4 Å². The monoisotopic (exact) mass is 599 g/mol. The van der Waals surface area contributed by atoms with Crippen LogP contribution in [0.2, 0.25) is 0 Å². The van der Waals surface area contributed by atoms with Crippen LogP contribution in [0.15, 0.2) is 35.0 Å². The molecule has 2 aromatic rings. The second-order valence-corrected chi connectivity index (χ2v) is 9.37. The maximum absolute atomic E-state index is 10.6. The second-order valence-electron chi connectivity index (χ2n) is 9.37. The van der Waals surface area contributed by atoms with Crippen LogP contribution in [0, 0.1) is 12.8 Å². The van der Waals surface area contributed by atoms with Crippen molar-refractivity contribution >= 4 is 11.9 Å². The number of alkyl halides is 6. The highest BCUT2D eigenvalue weighted by molar-refractivity contribution is 5.73. The number of rotatable bonds is 7. The molecule has 0 aromatic carbocycles. The molecule has 2 aliphatic rings. The van der Waals surface area contributed by atoms with E-state index in [9.17, 15) is 26.3 Å². The molecule has 1 unspecified atom stereocenters. The maximum atomic E-state index is 10.6. The Labute approximate surface area is 231 Å². The van der Waals surface area contributed by atoms with Crippen molar-refractivity contribution in [1.82, 2.24) is 15.0 Å². The van der Waals surface area contributed by atoms with Crippen molar-refractivity contribution < 1.29 is 60.1 Å². The molecule has 2 fully saturated rings. The van der Waals surface area contributed by atoms with Crippen LogP contribution in [0.25, 0.3) is 0 Å². The van der Waals surface area contributed by atoms with Gasteiger partial charge in [-0.2, -0.15) is 26.3 Å². The molecule has 0 aliphatic carbocycles. The third kappa shape index (κ3) is 11.6. The maximum Gasteiger partial charge on any atom is 0.490 e. The van der Waals surface area contributed by atoms with Crippen molar-refractivity contribution in [3.63, 3.8) is 0 Å². The fourth-order valence-corrected chi connectivity index (χ4v) is 4.44. The zero-order valence-corrected chi connectivity index (χ0v) is 22.1. The van der Waals surface area contributed by atoms with Crippen molar-refractivity contribution in [2.45, 2.75) is 63.7 Å². The van der Waals surface area contributed by atoms with Gasteiger partial charge in [-0.3, -0.25) is 9.88 Å². The highest BCUT2D eigenvalue weighted by Gasteiger charge is 2.45. The van der Waals surface area contributed by atoms with Crippen LogP contribution in [0.3, 0.4) is 0 Å². The largest absolute Gasteiger partial charge is 0.490 e. The molecular weight excluding hydrogens is 568 g/mol. The molecule has 2 aliphatic heterocycles. The zero-order chi connectivity index (χ0) is 30.7. The molecule has 4 heterocycles. The summed E-state index contributed by atoms with van der Waals surface area (Å²) in [6.07, 6.45) is -3.96. The third-order valence-corrected chi connectivity index (χ3v) is 6.44. The van der Waals surface area contributed by atoms with Gasteiger partial charge in [-0.25, -0.2) is 9.59 Å². The number of ether oxygens (including phenoxy) is 2. The van der Waals surface area contributed by atoms with Crippen LogP contribution in [0.5, 0.6) is 0 Å². The topological polar surface area (TPSA) is 135 Å². The first-order chi connectivity index (χ1) is 19.1. The summed E-state index contributed by atoms with van der Waals surface area (Å²) < 4.78 is 80.8. The van der Waals surface area contributed by atoms with Crippen molar-refractivity contribution in [2.75, 3.05) is 26.3 Å². The summed E-state index contributed by atoms with van der Waals surface area (Å²) in [5.74, 6) is -4.04. The van der Waals surface area contributed by atoms with Gasteiger partial charge in [0.15, 0.2) is 0 Å². The molecule has 4 rings (SSSR count). The van der Waals surface area contributed by atoms with Crippen molar-refractivity contribution in [3.8, 4) is 0 Å². The lowest BCUT2D eigenvalue weighted by molar-refractivity contribution is -0.193. The van der Waals surface area contributed by atoms with E-state index in [2.05, 4.69) is 15.0 Å². The molecular formula is C25H31F6N3O7. The quantitative estimate of drug-likeness (QED) is 0.343. The van der Waals surface area contributed by atoms with Gasteiger partial charge in [0, 0.05) is 45.1 Å². The Morgan fingerprint density at radius 2 is 1.68 bits per heavy atom. The van der Waals surface area contributed by atoms with Gasteiger partial charge in [0.25, 0.3) is 0 Å². The summed E-state index contributed by atoms with van der Waals surface area (Å²) >= 11 is 0. The number of carboxylic acids is 2. The van der Waals surface area contributed by atoms with Gasteiger partial charge in [0.05, 0.1) is 23.6 Å². The smallest absolute Gasteiger partial charge is 0.475 e. The Kier molecular flexibility index (Phi) is 12.5. The number of carbonyl (C=O) groups is 2. The Hall–Kier alpha value is -3.24. The van der Waals surface area contributed by atoms with Gasteiger partial charge >= 0.3 is 24.3 Å². The molecule has 1 spiro atoms. The van der Waals surface area contributed by atoms with E-state index >= 15 is 0 Å². The standard InChI is InChI=1S/C21H29N3O3.2C2HF3O2/c1-17-14-20(23-27-17)15-24-10-7-21(8-11-24)18(6-13-26-21)5-12-25-16-19-4-2-3-9-22-19;2*3-2(4,5)1(6)7/h2-4,9,14,18H,5-8,10-13,15-16H2,1H3;2*(H,6,7). The SMILES string of the molecule is Cc1cc(CN2CCC3(CC2)OCCC3CCOCc2ccccn2)no1.O=C(O)C(F)(F)F.O=C(O)C(F)(F)F. The van der Waals surface area contributed by atoms with Crippen LogP contribution < -0.4 is 0 Å². The van der Waals surface area contributed by atoms with E-state index in [-0.39, 0.29) is 5.60 Å². The van der Waals surface area contributed by atoms with Crippen LogP contribution in [-0.2, 0) is 32.2 Å². The first kappa shape index (κ1) is 34.0. The molecule has 2 saturated heterocycles. The Balaban J connectivity index is 0.000000349. The van der Waals surface area contributed by atoms with Crippen LogP contribution >= 0.6 is 0 Å². The predicted octanol–water partition coefficient (Wildman–Crippen LogP) is 4.62. The molecule has 1 atom stereocenters. The molecule has 2 N–H and O–H groups in total. The van der Waals surface area contributed by atoms with E-state index in [1.54, 1.807) is 0 Å². The van der Waals surface area contributed by atoms with Crippen molar-refractivity contribution in [2.24, 2.45) is 5.92 Å². The number of halogens is 6. The number of likely N-dealkylation sites (tertiary alicyclic amines) is 1. The first-order valence-electron chi connectivity index (χ1n) is 12.5. The molecule has 230 valence electrons. The summed E-state index contributed by atoms with van der Waals surface area (Å²) in [6, 6.07) is 7.96. The molecule has 0 radical (unpaired) electrons. The molecule has 0 saturated carbocycles. The molecule has 41 heavy (non-hydrogen) atoms. The lowest BCUT2D eigenvalue weighted by Crippen LogP contribution is -2.47. The summed E-state index contributed by atoms with van der Waals surface area (Å²) in [6.45, 7) is 7.16. The summed E-state index contributed by atoms with van der Waals surface area (Å²) in [7, 11) is 0. The van der Waals surface area contributed by atoms with E-state index in [1.165, 1.54) is 0 Å². The fraction of sp³-hybridized carbons (Fsp3) is 0.600. The fourth-order valence-electron chi connectivity index (χ4n) is 4.44. The number of pyridine rings is 1. The number of piperidine rings is 1. The van der Waals surface area contributed by atoms with E-state index in [0.717, 1.165) is 75.7 Å². The summed E-state index contributed by atoms with van der Waals surface area (Å²) in [4.78, 5) is 24.6. The second kappa shape index (κ2) is 15.1. The minimum Gasteiger partial charge on any atom is -0.475 e. The van der Waals surface area contributed by atoms with Gasteiger partial charge in [0.1, 0.15) is 5.76 Å². The number of aliphatic carboxylic acids is 2. The minimum absolute atomic E-state index is 0.0462. The average Bonchev–Trinajstić information content (AvgIpc) is 3.49. The van der Waals surface area contributed by atoms with E-state index in [4.69, 9.17) is 33.8 Å². The highest BCUT2D eigenvalue weighted by Crippen LogP contribution is 2.42. The number of carboxylic acid groups (broad SMARTS) is 2. The molecule has 16 heteroatoms. The number of aryl methyl sites for hydroxylation is 1. The summed E-state index contributed by atoms with van der Waals surface area (Å²) in [5, 5.41) is 18.4. The Morgan fingerprint density at radius 1 is 1.07 bits per heavy atom. The molecule has 0 amide bonds. The number of aromatic nitrogens is 2. The zero-order valence-electron chi connectivity index (χ0n) is 22.1. The van der Waals surface area contributed by atoms with Gasteiger partial charge in [-0.15, -0.1) is 0 Å². The normalized spacial score (nSPS) is 18.7. The average molecular weight is 600 g/mol. The summed E-state index contributed by atoms with van der Waals surface area (Å²) in [5.41, 5.74) is 2.06. The van der Waals surface area contributed by atoms with Crippen LogP contribution in [0.4, 0.5) is 26.3 Å². The number of hydrogen-bond acceptors (Lipinski definition) is 8. The lowest BCUT2D eigenvalue weighted by atomic mass is 9.78. The van der Waals surface area contributed by atoms with Gasteiger partial charge in [-0.05, 0) is 50.7 Å². The Bertz CT molecular complexity index is 1060. The first-order valence-corrected chi connectivity index (χ1v) is 12.5. The molecule has 0 bridgehead atoms. The highest BCUT2D eigenvalue weighted by atomic mass is 19.4. The third-order valence-electron chi connectivity index (χ3n) is 6.44. The lowest BCUT2D eigenvalue weighted by Gasteiger charge is -2.42. The minimum atomic E-state index is -5.08. The van der Waals surface area contributed by atoms with Gasteiger partial charge in [-0.1, -0.05) is 11.2 Å². The molecule has 10 nitrogen and oxygen atoms in total. The van der Waals surface area contributed by atoms with Crippen molar-refractivity contribution in [1.29, 1.82) is 0 Å². The number of hydrogen-bond donors (Lipinski definition) is 2. The molecule has 2 aromatic heterocycles. The Morgan fingerprint density at radius 3 is 2.17 bits per heavy atom. The van der Waals surface area contributed by atoms with Crippen molar-refractivity contribution in [3.05, 3.63) is 47.6 Å². The van der Waals surface area contributed by atoms with E-state index in [0.29, 0.717) is 12.5 Å². The van der Waals surface area contributed by atoms with E-state index in [1.807, 2.05) is 37.4 Å². The van der Waals surface area contributed by atoms with E-state index < -0.39 is 24.3 Å². The predicted molar refractivity (Wildman–Crippen MR) is 128 cm³/mol. The number of nitrogens with zero attached hydrogens (tertiary/aromatic N) is 3. The van der Waals surface area contributed by atoms with Crippen LogP contribution in [0.1, 0.15) is 42.8 Å². The van der Waals surface area contributed by atoms with Gasteiger partial charge in [0.2, 0.25) is 0 Å². The van der Waals surface area contributed by atoms with Gasteiger partial charge < -0.3 is 24.2 Å².